The van der Waals surface area contributed by atoms with Crippen LogP contribution in [0.3, 0.4) is 0 Å². The third kappa shape index (κ3) is 5.68. The summed E-state index contributed by atoms with van der Waals surface area (Å²) in [5.74, 6) is -1.08. The molecule has 5 nitrogen and oxygen atoms in total. The fraction of sp³-hybridized carbons (Fsp3) is 0.316. The van der Waals surface area contributed by atoms with Crippen molar-refractivity contribution in [1.29, 1.82) is 0 Å². The zero-order valence-electron chi connectivity index (χ0n) is 15.2. The summed E-state index contributed by atoms with van der Waals surface area (Å²) >= 11 is 5.79. The van der Waals surface area contributed by atoms with Crippen LogP contribution in [-0.2, 0) is 21.2 Å². The molecular weight excluding hydrogens is 391 g/mol. The van der Waals surface area contributed by atoms with Crippen LogP contribution in [0.25, 0.3) is 0 Å². The lowest BCUT2D eigenvalue weighted by atomic mass is 10.1. The van der Waals surface area contributed by atoms with E-state index in [0.717, 1.165) is 22.2 Å². The minimum Gasteiger partial charge on any atom is -0.354 e. The smallest absolute Gasteiger partial charge is 0.243 e. The fourth-order valence-corrected chi connectivity index (χ4v) is 4.15. The van der Waals surface area contributed by atoms with Crippen LogP contribution < -0.4 is 9.62 Å². The molecule has 2 aromatic carbocycles. The number of hydrogen-bond acceptors (Lipinski definition) is 3. The Balaban J connectivity index is 2.18. The van der Waals surface area contributed by atoms with Crippen molar-refractivity contribution in [2.45, 2.75) is 25.8 Å². The van der Waals surface area contributed by atoms with Gasteiger partial charge in [-0.05, 0) is 36.6 Å². The second-order valence-corrected chi connectivity index (χ2v) is 8.37. The number of anilines is 1. The molecule has 2 rings (SSSR count). The van der Waals surface area contributed by atoms with Gasteiger partial charge in [0.25, 0.3) is 0 Å². The standard InChI is InChI=1S/C19H22ClFN2O3S/c1-3-18(19(24)22-12-11-14-7-5-4-6-8-14)23(27(2,25)26)15-9-10-17(21)16(20)13-15/h4-10,13,18H,3,11-12H2,1-2H3,(H,22,24)/t18-/m0/s1. The van der Waals surface area contributed by atoms with Crippen molar-refractivity contribution in [3.8, 4) is 0 Å². The van der Waals surface area contributed by atoms with Gasteiger partial charge in [-0.25, -0.2) is 12.8 Å². The summed E-state index contributed by atoms with van der Waals surface area (Å²) in [5, 5.41) is 2.57. The van der Waals surface area contributed by atoms with Crippen LogP contribution in [0.5, 0.6) is 0 Å². The van der Waals surface area contributed by atoms with E-state index in [-0.39, 0.29) is 17.1 Å². The van der Waals surface area contributed by atoms with Crippen molar-refractivity contribution in [2.75, 3.05) is 17.1 Å². The predicted octanol–water partition coefficient (Wildman–Crippen LogP) is 3.38. The SMILES string of the molecule is CC[C@@H](C(=O)NCCc1ccccc1)N(c1ccc(F)c(Cl)c1)S(C)(=O)=O. The number of sulfonamides is 1. The van der Waals surface area contributed by atoms with Crippen molar-refractivity contribution >= 4 is 33.2 Å². The Bertz CT molecular complexity index is 891. The number of benzene rings is 2. The summed E-state index contributed by atoms with van der Waals surface area (Å²) < 4.78 is 39.1. The Labute approximate surface area is 164 Å². The van der Waals surface area contributed by atoms with E-state index in [9.17, 15) is 17.6 Å². The highest BCUT2D eigenvalue weighted by atomic mass is 35.5. The maximum atomic E-state index is 13.4. The van der Waals surface area contributed by atoms with E-state index in [0.29, 0.717) is 13.0 Å². The zero-order chi connectivity index (χ0) is 20.0. The van der Waals surface area contributed by atoms with Gasteiger partial charge < -0.3 is 5.32 Å². The summed E-state index contributed by atoms with van der Waals surface area (Å²) in [7, 11) is -3.79. The van der Waals surface area contributed by atoms with E-state index < -0.39 is 27.8 Å². The van der Waals surface area contributed by atoms with E-state index in [2.05, 4.69) is 5.32 Å². The molecule has 0 heterocycles. The maximum absolute atomic E-state index is 13.4. The third-order valence-electron chi connectivity index (χ3n) is 4.04. The summed E-state index contributed by atoms with van der Waals surface area (Å²) in [6, 6.07) is 12.3. The number of carbonyl (C=O) groups is 1. The number of nitrogens with one attached hydrogen (secondary N) is 1. The van der Waals surface area contributed by atoms with Gasteiger partial charge in [0.15, 0.2) is 0 Å². The second kappa shape index (κ2) is 9.19. The molecule has 0 saturated carbocycles. The number of amides is 1. The fourth-order valence-electron chi connectivity index (χ4n) is 2.77. The molecule has 1 N–H and O–H groups in total. The van der Waals surface area contributed by atoms with Gasteiger partial charge in [-0.1, -0.05) is 48.9 Å². The zero-order valence-corrected chi connectivity index (χ0v) is 16.7. The van der Waals surface area contributed by atoms with Crippen LogP contribution in [-0.4, -0.2) is 33.2 Å². The Morgan fingerprint density at radius 2 is 1.89 bits per heavy atom. The quantitative estimate of drug-likeness (QED) is 0.722. The minimum absolute atomic E-state index is 0.147. The topological polar surface area (TPSA) is 66.5 Å². The van der Waals surface area contributed by atoms with E-state index in [4.69, 9.17) is 11.6 Å². The summed E-state index contributed by atoms with van der Waals surface area (Å²) in [4.78, 5) is 12.7. The number of hydrogen-bond donors (Lipinski definition) is 1. The van der Waals surface area contributed by atoms with Gasteiger partial charge in [0, 0.05) is 6.54 Å². The van der Waals surface area contributed by atoms with E-state index in [1.807, 2.05) is 30.3 Å². The Kier molecular flexibility index (Phi) is 7.21. The molecule has 8 heteroatoms. The van der Waals surface area contributed by atoms with Crippen LogP contribution >= 0.6 is 11.6 Å². The lowest BCUT2D eigenvalue weighted by molar-refractivity contribution is -0.122. The second-order valence-electron chi connectivity index (χ2n) is 6.11. The molecule has 0 fully saturated rings. The number of halogens is 2. The molecule has 146 valence electrons. The molecule has 0 aliphatic rings. The monoisotopic (exact) mass is 412 g/mol. The van der Waals surface area contributed by atoms with Crippen LogP contribution in [0.4, 0.5) is 10.1 Å². The number of nitrogens with zero attached hydrogens (tertiary/aromatic N) is 1. The van der Waals surface area contributed by atoms with Crippen molar-refractivity contribution in [3.63, 3.8) is 0 Å². The highest BCUT2D eigenvalue weighted by molar-refractivity contribution is 7.92. The highest BCUT2D eigenvalue weighted by Gasteiger charge is 2.31. The average molecular weight is 413 g/mol. The highest BCUT2D eigenvalue weighted by Crippen LogP contribution is 2.27. The van der Waals surface area contributed by atoms with Crippen LogP contribution in [0.1, 0.15) is 18.9 Å². The first-order valence-corrected chi connectivity index (χ1v) is 10.7. The number of carbonyl (C=O) groups excluding carboxylic acids is 1. The summed E-state index contributed by atoms with van der Waals surface area (Å²) in [6.45, 7) is 2.09. The predicted molar refractivity (Wildman–Crippen MR) is 106 cm³/mol. The maximum Gasteiger partial charge on any atom is 0.243 e. The lowest BCUT2D eigenvalue weighted by Gasteiger charge is -2.30. The summed E-state index contributed by atoms with van der Waals surface area (Å²) in [5.41, 5.74) is 1.21. The third-order valence-corrected chi connectivity index (χ3v) is 5.51. The molecule has 27 heavy (non-hydrogen) atoms. The van der Waals surface area contributed by atoms with Gasteiger partial charge in [-0.3, -0.25) is 9.10 Å². The molecule has 0 saturated heterocycles. The van der Waals surface area contributed by atoms with Crippen molar-refractivity contribution < 1.29 is 17.6 Å². The Hall–Kier alpha value is -2.12. The van der Waals surface area contributed by atoms with E-state index in [1.165, 1.54) is 12.1 Å². The van der Waals surface area contributed by atoms with Crippen molar-refractivity contribution in [2.24, 2.45) is 0 Å². The molecule has 1 atom stereocenters. The first-order valence-electron chi connectivity index (χ1n) is 8.50. The lowest BCUT2D eigenvalue weighted by Crippen LogP contribution is -2.49. The van der Waals surface area contributed by atoms with Crippen LogP contribution in [0.15, 0.2) is 48.5 Å². The van der Waals surface area contributed by atoms with Crippen LogP contribution in [0, 0.1) is 5.82 Å². The molecule has 0 aliphatic carbocycles. The summed E-state index contributed by atoms with van der Waals surface area (Å²) in [6.07, 6.45) is 1.88. The van der Waals surface area contributed by atoms with Gasteiger partial charge in [-0.15, -0.1) is 0 Å². The van der Waals surface area contributed by atoms with Gasteiger partial charge in [0.2, 0.25) is 15.9 Å². The Morgan fingerprint density at radius 1 is 1.22 bits per heavy atom. The van der Waals surface area contributed by atoms with Crippen molar-refractivity contribution in [1.82, 2.24) is 5.32 Å². The first kappa shape index (κ1) is 21.2. The van der Waals surface area contributed by atoms with Gasteiger partial charge in [0.05, 0.1) is 17.0 Å². The van der Waals surface area contributed by atoms with Gasteiger partial charge in [-0.2, -0.15) is 0 Å². The number of rotatable bonds is 8. The van der Waals surface area contributed by atoms with Gasteiger partial charge >= 0.3 is 0 Å². The molecule has 1 amide bonds. The first-order chi connectivity index (χ1) is 12.7. The van der Waals surface area contributed by atoms with Crippen LogP contribution in [0.2, 0.25) is 5.02 Å². The minimum atomic E-state index is -3.79. The molecule has 0 aromatic heterocycles. The molecule has 2 aromatic rings. The Morgan fingerprint density at radius 3 is 2.44 bits per heavy atom. The van der Waals surface area contributed by atoms with E-state index >= 15 is 0 Å². The molecule has 0 unspecified atom stereocenters. The van der Waals surface area contributed by atoms with E-state index in [1.54, 1.807) is 6.92 Å². The molecule has 0 radical (unpaired) electrons. The molecule has 0 spiro atoms. The molecular formula is C19H22ClFN2O3S. The molecule has 0 bridgehead atoms. The van der Waals surface area contributed by atoms with Crippen molar-refractivity contribution in [3.05, 3.63) is 64.9 Å². The average Bonchev–Trinajstić information content (AvgIpc) is 2.62. The largest absolute Gasteiger partial charge is 0.354 e. The van der Waals surface area contributed by atoms with Gasteiger partial charge in [0.1, 0.15) is 11.9 Å². The normalized spacial score (nSPS) is 12.4. The molecule has 0 aliphatic heterocycles.